The van der Waals surface area contributed by atoms with Gasteiger partial charge in [-0.2, -0.15) is 13.2 Å². The smallest absolute Gasteiger partial charge is 0.317 e. The number of alkyl halides is 3. The van der Waals surface area contributed by atoms with Gasteiger partial charge in [-0.3, -0.25) is 0 Å². The maximum Gasteiger partial charge on any atom is 0.390 e. The number of nitrogens with one attached hydrogen (secondary N) is 1. The fraction of sp³-hybridized carbons (Fsp3) is 1.00. The average molecular weight is 346 g/mol. The molecule has 1 heterocycles. The van der Waals surface area contributed by atoms with Crippen LogP contribution >= 0.6 is 12.4 Å². The highest BCUT2D eigenvalue weighted by molar-refractivity contribution is 5.85. The molecule has 1 N–H and O–H groups in total. The lowest BCUT2D eigenvalue weighted by atomic mass is 9.97. The van der Waals surface area contributed by atoms with Gasteiger partial charge in [-0.25, -0.2) is 0 Å². The second-order valence-electron chi connectivity index (χ2n) is 5.89. The van der Waals surface area contributed by atoms with Crippen LogP contribution in [0.1, 0.15) is 33.1 Å². The van der Waals surface area contributed by atoms with Gasteiger partial charge in [-0.1, -0.05) is 13.8 Å². The van der Waals surface area contributed by atoms with Crippen LogP contribution in [-0.4, -0.2) is 68.3 Å². The van der Waals surface area contributed by atoms with E-state index in [1.165, 1.54) is 0 Å². The van der Waals surface area contributed by atoms with Gasteiger partial charge in [0.2, 0.25) is 0 Å². The van der Waals surface area contributed by atoms with Gasteiger partial charge in [0.25, 0.3) is 0 Å². The topological polar surface area (TPSA) is 18.5 Å². The molecule has 0 atom stereocenters. The first kappa shape index (κ1) is 22.0. The Morgan fingerprint density at radius 2 is 1.50 bits per heavy atom. The molecule has 0 saturated carbocycles. The summed E-state index contributed by atoms with van der Waals surface area (Å²) in [6.07, 6.45) is -2.60. The molecular weight excluding hydrogens is 315 g/mol. The van der Waals surface area contributed by atoms with Gasteiger partial charge in [-0.15, -0.1) is 12.4 Å². The van der Waals surface area contributed by atoms with E-state index >= 15 is 0 Å². The maximum absolute atomic E-state index is 12.5. The molecule has 1 fully saturated rings. The summed E-state index contributed by atoms with van der Waals surface area (Å²) in [7, 11) is 0. The van der Waals surface area contributed by atoms with Gasteiger partial charge in [0.05, 0.1) is 6.42 Å². The third-order valence-corrected chi connectivity index (χ3v) is 4.31. The van der Waals surface area contributed by atoms with Crippen molar-refractivity contribution in [3.8, 4) is 0 Å². The summed E-state index contributed by atoms with van der Waals surface area (Å²) in [4.78, 5) is 4.28. The molecule has 0 bridgehead atoms. The Kier molecular flexibility index (Phi) is 11.5. The Bertz CT molecular complexity index is 267. The monoisotopic (exact) mass is 345 g/mol. The SMILES string of the molecule is CCN(CC)CCN(CCC(F)(F)F)CC1CCNCC1.Cl. The third-order valence-electron chi connectivity index (χ3n) is 4.31. The minimum Gasteiger partial charge on any atom is -0.317 e. The predicted molar refractivity (Wildman–Crippen MR) is 87.7 cm³/mol. The molecule has 1 rings (SSSR count). The van der Waals surface area contributed by atoms with Gasteiger partial charge < -0.3 is 15.1 Å². The van der Waals surface area contributed by atoms with Crippen LogP contribution < -0.4 is 5.32 Å². The summed E-state index contributed by atoms with van der Waals surface area (Å²) in [5, 5.41) is 3.31. The lowest BCUT2D eigenvalue weighted by molar-refractivity contribution is -0.138. The summed E-state index contributed by atoms with van der Waals surface area (Å²) in [6.45, 7) is 10.6. The molecule has 0 radical (unpaired) electrons. The first-order valence-corrected chi connectivity index (χ1v) is 8.16. The van der Waals surface area contributed by atoms with E-state index in [1.807, 2.05) is 4.90 Å². The predicted octanol–water partition coefficient (Wildman–Crippen LogP) is 3.00. The summed E-state index contributed by atoms with van der Waals surface area (Å²) < 4.78 is 37.4. The molecule has 3 nitrogen and oxygen atoms in total. The van der Waals surface area contributed by atoms with Crippen LogP contribution in [0.4, 0.5) is 13.2 Å². The molecule has 7 heteroatoms. The van der Waals surface area contributed by atoms with E-state index in [4.69, 9.17) is 0 Å². The zero-order valence-electron chi connectivity index (χ0n) is 13.8. The molecule has 0 aromatic rings. The van der Waals surface area contributed by atoms with Crippen molar-refractivity contribution in [1.82, 2.24) is 15.1 Å². The van der Waals surface area contributed by atoms with Gasteiger partial charge >= 0.3 is 6.18 Å². The molecule has 0 aliphatic carbocycles. The van der Waals surface area contributed by atoms with Crippen molar-refractivity contribution >= 4 is 12.4 Å². The second-order valence-corrected chi connectivity index (χ2v) is 5.89. The normalized spacial score (nSPS) is 17.0. The zero-order chi connectivity index (χ0) is 15.7. The Morgan fingerprint density at radius 1 is 0.955 bits per heavy atom. The zero-order valence-corrected chi connectivity index (χ0v) is 14.6. The Hall–Kier alpha value is -0.0400. The summed E-state index contributed by atoms with van der Waals surface area (Å²) >= 11 is 0. The average Bonchev–Trinajstić information content (AvgIpc) is 2.45. The van der Waals surface area contributed by atoms with Crippen LogP contribution in [0, 0.1) is 5.92 Å². The van der Waals surface area contributed by atoms with Crippen molar-refractivity contribution in [2.75, 3.05) is 52.4 Å². The maximum atomic E-state index is 12.5. The van der Waals surface area contributed by atoms with Crippen LogP contribution in [0.5, 0.6) is 0 Å². The van der Waals surface area contributed by atoms with Gasteiger partial charge in [-0.05, 0) is 44.9 Å². The molecule has 0 spiro atoms. The first-order valence-electron chi connectivity index (χ1n) is 8.16. The van der Waals surface area contributed by atoms with Crippen LogP contribution in [0.15, 0.2) is 0 Å². The minimum absolute atomic E-state index is 0. The standard InChI is InChI=1S/C15H30F3N3.ClH/c1-3-20(4-2)11-12-21(10-7-15(16,17)18)13-14-5-8-19-9-6-14;/h14,19H,3-13H2,1-2H3;1H. The Balaban J connectivity index is 0.00000441. The van der Waals surface area contributed by atoms with Crippen molar-refractivity contribution in [3.05, 3.63) is 0 Å². The van der Waals surface area contributed by atoms with Crippen molar-refractivity contribution in [1.29, 1.82) is 0 Å². The second kappa shape index (κ2) is 11.5. The molecule has 0 aromatic carbocycles. The summed E-state index contributed by atoms with van der Waals surface area (Å²) in [5.74, 6) is 0.538. The van der Waals surface area contributed by atoms with Crippen molar-refractivity contribution in [2.24, 2.45) is 5.92 Å². The number of hydrogen-bond donors (Lipinski definition) is 1. The number of piperidine rings is 1. The first-order chi connectivity index (χ1) is 9.94. The number of likely N-dealkylation sites (N-methyl/N-ethyl adjacent to an activating group) is 1. The molecule has 134 valence electrons. The largest absolute Gasteiger partial charge is 0.390 e. The van der Waals surface area contributed by atoms with Crippen molar-refractivity contribution < 1.29 is 13.2 Å². The van der Waals surface area contributed by atoms with E-state index in [1.54, 1.807) is 0 Å². The molecule has 22 heavy (non-hydrogen) atoms. The molecule has 0 unspecified atom stereocenters. The van der Waals surface area contributed by atoms with E-state index in [-0.39, 0.29) is 19.0 Å². The molecule has 1 saturated heterocycles. The van der Waals surface area contributed by atoms with E-state index < -0.39 is 12.6 Å². The van der Waals surface area contributed by atoms with E-state index in [0.29, 0.717) is 5.92 Å². The van der Waals surface area contributed by atoms with Crippen molar-refractivity contribution in [3.63, 3.8) is 0 Å². The van der Waals surface area contributed by atoms with Crippen LogP contribution in [0.3, 0.4) is 0 Å². The molecule has 1 aliphatic heterocycles. The lowest BCUT2D eigenvalue weighted by Crippen LogP contribution is -2.41. The highest BCUT2D eigenvalue weighted by Gasteiger charge is 2.28. The molecular formula is C15H31ClF3N3. The minimum atomic E-state index is -4.05. The highest BCUT2D eigenvalue weighted by atomic mass is 35.5. The quantitative estimate of drug-likeness (QED) is 0.693. The fourth-order valence-electron chi connectivity index (χ4n) is 2.83. The van der Waals surface area contributed by atoms with Crippen molar-refractivity contribution in [2.45, 2.75) is 39.3 Å². The van der Waals surface area contributed by atoms with Crippen LogP contribution in [-0.2, 0) is 0 Å². The highest BCUT2D eigenvalue weighted by Crippen LogP contribution is 2.21. The fourth-order valence-corrected chi connectivity index (χ4v) is 2.83. The van der Waals surface area contributed by atoms with Crippen LogP contribution in [0.25, 0.3) is 0 Å². The Labute approximate surface area is 139 Å². The van der Waals surface area contributed by atoms with E-state index in [9.17, 15) is 13.2 Å². The number of halogens is 4. The van der Waals surface area contributed by atoms with Gasteiger partial charge in [0.15, 0.2) is 0 Å². The number of hydrogen-bond acceptors (Lipinski definition) is 3. The third kappa shape index (κ3) is 9.87. The lowest BCUT2D eigenvalue weighted by Gasteiger charge is -2.31. The van der Waals surface area contributed by atoms with Gasteiger partial charge in [0, 0.05) is 26.2 Å². The molecule has 1 aliphatic rings. The number of rotatable bonds is 9. The van der Waals surface area contributed by atoms with Gasteiger partial charge in [0.1, 0.15) is 0 Å². The summed E-state index contributed by atoms with van der Waals surface area (Å²) in [5.41, 5.74) is 0. The molecule has 0 aromatic heterocycles. The molecule has 0 amide bonds. The Morgan fingerprint density at radius 3 is 2.00 bits per heavy atom. The van der Waals surface area contributed by atoms with E-state index in [2.05, 4.69) is 24.1 Å². The van der Waals surface area contributed by atoms with Crippen LogP contribution in [0.2, 0.25) is 0 Å². The number of nitrogens with zero attached hydrogens (tertiary/aromatic N) is 2. The summed E-state index contributed by atoms with van der Waals surface area (Å²) in [6, 6.07) is 0. The van der Waals surface area contributed by atoms with E-state index in [0.717, 1.165) is 58.7 Å².